The first-order chi connectivity index (χ1) is 20.6. The number of nitrogens with zero attached hydrogens (tertiary/aromatic N) is 1. The van der Waals surface area contributed by atoms with Crippen molar-refractivity contribution in [3.63, 3.8) is 0 Å². The molecule has 1 saturated heterocycles. The lowest BCUT2D eigenvalue weighted by Crippen LogP contribution is -2.40. The van der Waals surface area contributed by atoms with Crippen LogP contribution in [0.5, 0.6) is 11.5 Å². The van der Waals surface area contributed by atoms with Gasteiger partial charge in [-0.2, -0.15) is 0 Å². The predicted molar refractivity (Wildman–Crippen MR) is 166 cm³/mol. The average Bonchev–Trinajstić information content (AvgIpc) is 3.10. The number of methoxy groups -OCH3 is 2. The number of benzene rings is 3. The van der Waals surface area contributed by atoms with E-state index >= 15 is 0 Å². The number of carbonyl (C=O) groups is 2. The number of carbonyl (C=O) groups excluding carboxylic acids is 2. The molecule has 3 aromatic rings. The summed E-state index contributed by atoms with van der Waals surface area (Å²) in [7, 11) is 3.22. The van der Waals surface area contributed by atoms with Crippen LogP contribution in [0.4, 0.5) is 0 Å². The van der Waals surface area contributed by atoms with Crippen molar-refractivity contribution in [2.45, 2.75) is 64.3 Å². The third-order valence-electron chi connectivity index (χ3n) is 8.11. The second-order valence-electron chi connectivity index (χ2n) is 12.2. The Labute approximate surface area is 259 Å². The summed E-state index contributed by atoms with van der Waals surface area (Å²) in [6.07, 6.45) is 1.00. The van der Waals surface area contributed by atoms with Crippen LogP contribution < -0.4 is 9.47 Å². The minimum atomic E-state index is -0.566. The Bertz CT molecular complexity index is 1470. The van der Waals surface area contributed by atoms with E-state index in [1.807, 2.05) is 80.3 Å². The van der Waals surface area contributed by atoms with Crippen LogP contribution >= 0.6 is 11.6 Å². The van der Waals surface area contributed by atoms with Gasteiger partial charge in [-0.05, 0) is 80.0 Å². The maximum Gasteiger partial charge on any atom is 0.306 e. The average molecular weight is 606 g/mol. The summed E-state index contributed by atoms with van der Waals surface area (Å²) in [5.41, 5.74) is 4.13. The zero-order chi connectivity index (χ0) is 30.7. The summed E-state index contributed by atoms with van der Waals surface area (Å²) in [5, 5.41) is 0.593. The van der Waals surface area contributed by atoms with E-state index in [9.17, 15) is 9.59 Å². The minimum absolute atomic E-state index is 0.0240. The van der Waals surface area contributed by atoms with Gasteiger partial charge in [0.05, 0.1) is 26.7 Å². The number of piperidine rings is 1. The Morgan fingerprint density at radius 1 is 0.884 bits per heavy atom. The summed E-state index contributed by atoms with van der Waals surface area (Å²) < 4.78 is 23.9. The van der Waals surface area contributed by atoms with Crippen molar-refractivity contribution < 1.29 is 28.5 Å². The molecule has 5 rings (SSSR count). The maximum atomic E-state index is 13.8. The molecule has 1 amide bonds. The molecule has 8 heteroatoms. The molecule has 43 heavy (non-hydrogen) atoms. The Kier molecular flexibility index (Phi) is 9.33. The fourth-order valence-electron chi connectivity index (χ4n) is 6.14. The predicted octanol–water partition coefficient (Wildman–Crippen LogP) is 7.55. The van der Waals surface area contributed by atoms with Crippen molar-refractivity contribution >= 4 is 23.5 Å². The standard InChI is InChI=1S/C35H40ClNO6/c1-35(2,3)43-32(39)19-22-15-17-37(18-16-22)31(38)21-30-26-10-7-6-9-24(26)25-14-13-23(36)20-28(25)33(42-30)27-11-8-12-29(40-4)34(27)41-5/h6-14,20,22,30,33H,15-19,21H2,1-5H3/t30-,33-/m1/s1. The number of fused-ring (bicyclic) bond motifs is 3. The van der Waals surface area contributed by atoms with E-state index in [-0.39, 0.29) is 24.2 Å². The minimum Gasteiger partial charge on any atom is -0.493 e. The van der Waals surface area contributed by atoms with Crippen molar-refractivity contribution in [1.82, 2.24) is 4.90 Å². The van der Waals surface area contributed by atoms with E-state index in [2.05, 4.69) is 6.07 Å². The number of rotatable bonds is 7. The largest absolute Gasteiger partial charge is 0.493 e. The second-order valence-corrected chi connectivity index (χ2v) is 12.7. The number of ether oxygens (including phenoxy) is 4. The summed E-state index contributed by atoms with van der Waals surface area (Å²) in [6.45, 7) is 6.83. The third kappa shape index (κ3) is 7.00. The van der Waals surface area contributed by atoms with Gasteiger partial charge in [-0.1, -0.05) is 54.1 Å². The Hall–Kier alpha value is -3.55. The van der Waals surface area contributed by atoms with Gasteiger partial charge in [0.25, 0.3) is 0 Å². The fraction of sp³-hybridized carbons (Fsp3) is 0.429. The van der Waals surface area contributed by atoms with Crippen molar-refractivity contribution in [1.29, 1.82) is 0 Å². The maximum absolute atomic E-state index is 13.8. The van der Waals surface area contributed by atoms with Crippen LogP contribution in [-0.4, -0.2) is 49.7 Å². The molecule has 0 saturated carbocycles. The van der Waals surface area contributed by atoms with Gasteiger partial charge in [-0.15, -0.1) is 0 Å². The first-order valence-corrected chi connectivity index (χ1v) is 15.2. The number of esters is 1. The molecule has 7 nitrogen and oxygen atoms in total. The number of likely N-dealkylation sites (tertiary alicyclic amines) is 1. The normalized spacial score (nSPS) is 18.7. The molecule has 228 valence electrons. The van der Waals surface area contributed by atoms with Crippen LogP contribution in [0.25, 0.3) is 11.1 Å². The van der Waals surface area contributed by atoms with E-state index < -0.39 is 17.8 Å². The van der Waals surface area contributed by atoms with Gasteiger partial charge < -0.3 is 23.8 Å². The quantitative estimate of drug-likeness (QED) is 0.259. The van der Waals surface area contributed by atoms with E-state index in [0.717, 1.165) is 40.7 Å². The number of amides is 1. The molecule has 2 aliphatic rings. The van der Waals surface area contributed by atoms with Crippen molar-refractivity contribution in [2.24, 2.45) is 5.92 Å². The molecule has 0 bridgehead atoms. The molecule has 0 spiro atoms. The van der Waals surface area contributed by atoms with Crippen LogP contribution in [0.15, 0.2) is 60.7 Å². The SMILES string of the molecule is COc1cccc([C@H]2O[C@H](CC(=O)N3CCC(CC(=O)OC(C)(C)C)CC3)c3ccccc3-c3ccc(Cl)cc32)c1OC. The van der Waals surface area contributed by atoms with Gasteiger partial charge in [-0.25, -0.2) is 0 Å². The number of hydrogen-bond acceptors (Lipinski definition) is 6. The summed E-state index contributed by atoms with van der Waals surface area (Å²) in [6, 6.07) is 19.6. The Balaban J connectivity index is 1.41. The lowest BCUT2D eigenvalue weighted by atomic mass is 9.90. The third-order valence-corrected chi connectivity index (χ3v) is 8.35. The van der Waals surface area contributed by atoms with Gasteiger partial charge >= 0.3 is 5.97 Å². The Morgan fingerprint density at radius 3 is 2.28 bits per heavy atom. The molecule has 3 aromatic carbocycles. The zero-order valence-corrected chi connectivity index (χ0v) is 26.3. The number of halogens is 1. The van der Waals surface area contributed by atoms with E-state index in [4.69, 9.17) is 30.5 Å². The van der Waals surface area contributed by atoms with Crippen LogP contribution in [0.2, 0.25) is 5.02 Å². The zero-order valence-electron chi connectivity index (χ0n) is 25.5. The highest BCUT2D eigenvalue weighted by atomic mass is 35.5. The fourth-order valence-corrected chi connectivity index (χ4v) is 6.32. The molecule has 2 heterocycles. The van der Waals surface area contributed by atoms with Crippen molar-refractivity contribution in [3.8, 4) is 22.6 Å². The number of hydrogen-bond donors (Lipinski definition) is 0. The van der Waals surface area contributed by atoms with Crippen LogP contribution in [0.1, 0.15) is 75.4 Å². The molecule has 2 atom stereocenters. The van der Waals surface area contributed by atoms with Gasteiger partial charge in [0.1, 0.15) is 11.7 Å². The molecule has 1 fully saturated rings. The molecular weight excluding hydrogens is 566 g/mol. The highest BCUT2D eigenvalue weighted by Crippen LogP contribution is 2.49. The van der Waals surface area contributed by atoms with Crippen LogP contribution in [0.3, 0.4) is 0 Å². The lowest BCUT2D eigenvalue weighted by molar-refractivity contribution is -0.156. The summed E-state index contributed by atoms with van der Waals surface area (Å²) in [4.78, 5) is 28.0. The molecule has 0 unspecified atom stereocenters. The molecule has 0 radical (unpaired) electrons. The van der Waals surface area contributed by atoms with E-state index in [1.165, 1.54) is 0 Å². The topological polar surface area (TPSA) is 74.3 Å². The van der Waals surface area contributed by atoms with E-state index in [0.29, 0.717) is 36.0 Å². The Morgan fingerprint density at radius 2 is 1.58 bits per heavy atom. The van der Waals surface area contributed by atoms with Crippen molar-refractivity contribution in [3.05, 3.63) is 82.4 Å². The van der Waals surface area contributed by atoms with Crippen LogP contribution in [-0.2, 0) is 19.1 Å². The first kappa shape index (κ1) is 30.9. The monoisotopic (exact) mass is 605 g/mol. The van der Waals surface area contributed by atoms with Gasteiger partial charge in [-0.3, -0.25) is 9.59 Å². The van der Waals surface area contributed by atoms with Gasteiger partial charge in [0.2, 0.25) is 5.91 Å². The van der Waals surface area contributed by atoms with Gasteiger partial charge in [0.15, 0.2) is 11.5 Å². The van der Waals surface area contributed by atoms with Crippen LogP contribution in [0, 0.1) is 5.92 Å². The molecular formula is C35H40ClNO6. The van der Waals surface area contributed by atoms with Crippen molar-refractivity contribution in [2.75, 3.05) is 27.3 Å². The van der Waals surface area contributed by atoms with Gasteiger partial charge in [0, 0.05) is 30.1 Å². The second kappa shape index (κ2) is 13.0. The highest BCUT2D eigenvalue weighted by molar-refractivity contribution is 6.30. The molecule has 2 aliphatic heterocycles. The lowest BCUT2D eigenvalue weighted by Gasteiger charge is -2.33. The number of para-hydroxylation sites is 1. The smallest absolute Gasteiger partial charge is 0.306 e. The highest BCUT2D eigenvalue weighted by Gasteiger charge is 2.35. The molecule has 0 aliphatic carbocycles. The molecule has 0 aromatic heterocycles. The summed E-state index contributed by atoms with van der Waals surface area (Å²) in [5.74, 6) is 1.22. The first-order valence-electron chi connectivity index (χ1n) is 14.8. The molecule has 0 N–H and O–H groups in total. The summed E-state index contributed by atoms with van der Waals surface area (Å²) >= 11 is 6.54. The van der Waals surface area contributed by atoms with E-state index in [1.54, 1.807) is 14.2 Å².